The Labute approximate surface area is 98.9 Å². The van der Waals surface area contributed by atoms with Crippen LogP contribution >= 0.6 is 23.2 Å². The molecular weight excluding hydrogens is 268 g/mol. The van der Waals surface area contributed by atoms with Gasteiger partial charge in [-0.25, -0.2) is 0 Å². The molecule has 7 heteroatoms. The van der Waals surface area contributed by atoms with Gasteiger partial charge in [-0.1, -0.05) is 23.2 Å². The molecular formula is C9H5Cl2F3O2. The van der Waals surface area contributed by atoms with E-state index in [1.165, 1.54) is 0 Å². The molecule has 88 valence electrons. The number of ketones is 1. The van der Waals surface area contributed by atoms with Gasteiger partial charge in [-0.05, 0) is 19.1 Å². The van der Waals surface area contributed by atoms with Crippen LogP contribution in [0.1, 0.15) is 17.3 Å². The minimum Gasteiger partial charge on any atom is -0.404 e. The number of benzene rings is 1. The molecule has 1 rings (SSSR count). The molecule has 0 saturated heterocycles. The standard InChI is InChI=1S/C9H5Cl2F3O2/c1-4(15)7-5(10)2-3-6(8(7)11)16-9(12,13)14/h2-3H,1H3. The molecule has 0 amide bonds. The Morgan fingerprint density at radius 1 is 1.31 bits per heavy atom. The SMILES string of the molecule is CC(=O)c1c(Cl)ccc(OC(F)(F)F)c1Cl. The second-order valence-electron chi connectivity index (χ2n) is 2.84. The van der Waals surface area contributed by atoms with E-state index in [4.69, 9.17) is 23.2 Å². The van der Waals surface area contributed by atoms with Crippen molar-refractivity contribution in [3.8, 4) is 5.75 Å². The Kier molecular flexibility index (Phi) is 3.70. The summed E-state index contributed by atoms with van der Waals surface area (Å²) in [7, 11) is 0. The number of hydrogen-bond donors (Lipinski definition) is 0. The fourth-order valence-electron chi connectivity index (χ4n) is 1.06. The molecule has 0 unspecified atom stereocenters. The molecule has 0 fully saturated rings. The second-order valence-corrected chi connectivity index (χ2v) is 3.62. The Morgan fingerprint density at radius 3 is 2.31 bits per heavy atom. The van der Waals surface area contributed by atoms with Crippen molar-refractivity contribution in [3.63, 3.8) is 0 Å². The van der Waals surface area contributed by atoms with Crippen LogP contribution in [0.3, 0.4) is 0 Å². The van der Waals surface area contributed by atoms with Crippen molar-refractivity contribution in [1.82, 2.24) is 0 Å². The average Bonchev–Trinajstić information content (AvgIpc) is 2.07. The summed E-state index contributed by atoms with van der Waals surface area (Å²) in [5.41, 5.74) is -0.190. The zero-order valence-corrected chi connectivity index (χ0v) is 9.37. The topological polar surface area (TPSA) is 26.3 Å². The normalized spacial score (nSPS) is 11.4. The maximum absolute atomic E-state index is 12.0. The van der Waals surface area contributed by atoms with E-state index in [0.29, 0.717) is 0 Å². The van der Waals surface area contributed by atoms with Crippen LogP contribution in [0.2, 0.25) is 10.0 Å². The summed E-state index contributed by atoms with van der Waals surface area (Å²) in [6.07, 6.45) is -4.87. The van der Waals surface area contributed by atoms with Gasteiger partial charge in [0.1, 0.15) is 5.75 Å². The smallest absolute Gasteiger partial charge is 0.404 e. The van der Waals surface area contributed by atoms with E-state index in [-0.39, 0.29) is 10.6 Å². The average molecular weight is 273 g/mol. The molecule has 0 saturated carbocycles. The van der Waals surface area contributed by atoms with Crippen LogP contribution < -0.4 is 4.74 Å². The van der Waals surface area contributed by atoms with Gasteiger partial charge in [0.2, 0.25) is 0 Å². The summed E-state index contributed by atoms with van der Waals surface area (Å²) >= 11 is 11.2. The summed E-state index contributed by atoms with van der Waals surface area (Å²) in [4.78, 5) is 11.1. The number of alkyl halides is 3. The molecule has 2 nitrogen and oxygen atoms in total. The lowest BCUT2D eigenvalue weighted by molar-refractivity contribution is -0.274. The molecule has 0 heterocycles. The van der Waals surface area contributed by atoms with Gasteiger partial charge >= 0.3 is 6.36 Å². The lowest BCUT2D eigenvalue weighted by Gasteiger charge is -2.12. The van der Waals surface area contributed by atoms with Crippen molar-refractivity contribution in [2.24, 2.45) is 0 Å². The fraction of sp³-hybridized carbons (Fsp3) is 0.222. The van der Waals surface area contributed by atoms with Crippen LogP contribution in [0.15, 0.2) is 12.1 Å². The Bertz CT molecular complexity index is 429. The largest absolute Gasteiger partial charge is 0.573 e. The number of hydrogen-bond acceptors (Lipinski definition) is 2. The van der Waals surface area contributed by atoms with Gasteiger partial charge in [-0.15, -0.1) is 13.2 Å². The van der Waals surface area contributed by atoms with Crippen LogP contribution in [0, 0.1) is 0 Å². The number of Topliss-reactive ketones (excluding diaryl/α,β-unsaturated/α-hetero) is 1. The first-order valence-corrected chi connectivity index (χ1v) is 4.72. The summed E-state index contributed by atoms with van der Waals surface area (Å²) in [6.45, 7) is 1.14. The molecule has 1 aromatic rings. The van der Waals surface area contributed by atoms with Gasteiger partial charge in [0.05, 0.1) is 15.6 Å². The highest BCUT2D eigenvalue weighted by molar-refractivity contribution is 6.40. The molecule has 0 aliphatic rings. The highest BCUT2D eigenvalue weighted by Crippen LogP contribution is 2.36. The van der Waals surface area contributed by atoms with Crippen molar-refractivity contribution in [2.45, 2.75) is 13.3 Å². The summed E-state index contributed by atoms with van der Waals surface area (Å²) in [5.74, 6) is -1.19. The number of carbonyl (C=O) groups excluding carboxylic acids is 1. The molecule has 1 aromatic carbocycles. The number of carbonyl (C=O) groups is 1. The third-order valence-corrected chi connectivity index (χ3v) is 2.32. The predicted molar refractivity (Wildman–Crippen MR) is 53.1 cm³/mol. The molecule has 0 atom stereocenters. The van der Waals surface area contributed by atoms with Gasteiger partial charge in [-0.2, -0.15) is 0 Å². The lowest BCUT2D eigenvalue weighted by atomic mass is 10.1. The van der Waals surface area contributed by atoms with Gasteiger partial charge in [0.15, 0.2) is 5.78 Å². The van der Waals surface area contributed by atoms with Gasteiger partial charge in [0.25, 0.3) is 0 Å². The van der Waals surface area contributed by atoms with Crippen molar-refractivity contribution in [1.29, 1.82) is 0 Å². The Hall–Kier alpha value is -0.940. The monoisotopic (exact) mass is 272 g/mol. The van der Waals surface area contributed by atoms with Crippen LogP contribution in [-0.4, -0.2) is 12.1 Å². The third-order valence-electron chi connectivity index (χ3n) is 1.63. The highest BCUT2D eigenvalue weighted by Gasteiger charge is 2.33. The summed E-state index contributed by atoms with van der Waals surface area (Å²) in [5, 5.41) is -0.468. The maximum atomic E-state index is 12.0. The first kappa shape index (κ1) is 13.1. The molecule has 0 N–H and O–H groups in total. The summed E-state index contributed by atoms with van der Waals surface area (Å²) < 4.78 is 39.5. The van der Waals surface area contributed by atoms with Crippen molar-refractivity contribution >= 4 is 29.0 Å². The van der Waals surface area contributed by atoms with E-state index < -0.39 is 22.9 Å². The molecule has 0 aliphatic heterocycles. The Morgan fingerprint density at radius 2 is 1.88 bits per heavy atom. The maximum Gasteiger partial charge on any atom is 0.573 e. The quantitative estimate of drug-likeness (QED) is 0.758. The van der Waals surface area contributed by atoms with Crippen LogP contribution in [-0.2, 0) is 0 Å². The first-order valence-electron chi connectivity index (χ1n) is 3.97. The molecule has 0 bridgehead atoms. The number of halogens is 5. The van der Waals surface area contributed by atoms with Crippen molar-refractivity contribution in [3.05, 3.63) is 27.7 Å². The lowest BCUT2D eigenvalue weighted by Crippen LogP contribution is -2.17. The minimum atomic E-state index is -4.87. The number of ether oxygens (including phenoxy) is 1. The predicted octanol–water partition coefficient (Wildman–Crippen LogP) is 4.09. The van der Waals surface area contributed by atoms with Crippen LogP contribution in [0.5, 0.6) is 5.75 Å². The van der Waals surface area contributed by atoms with Gasteiger partial charge in [-0.3, -0.25) is 4.79 Å². The van der Waals surface area contributed by atoms with Gasteiger partial charge in [0, 0.05) is 0 Å². The van der Waals surface area contributed by atoms with Crippen molar-refractivity contribution < 1.29 is 22.7 Å². The van der Waals surface area contributed by atoms with Crippen LogP contribution in [0.4, 0.5) is 13.2 Å². The fourth-order valence-corrected chi connectivity index (χ4v) is 1.73. The molecule has 0 radical (unpaired) electrons. The van der Waals surface area contributed by atoms with Gasteiger partial charge < -0.3 is 4.74 Å². The molecule has 0 aliphatic carbocycles. The van der Waals surface area contributed by atoms with E-state index >= 15 is 0 Å². The second kappa shape index (κ2) is 4.51. The molecule has 16 heavy (non-hydrogen) atoms. The van der Waals surface area contributed by atoms with E-state index in [1.807, 2.05) is 0 Å². The molecule has 0 spiro atoms. The van der Waals surface area contributed by atoms with E-state index in [1.54, 1.807) is 0 Å². The van der Waals surface area contributed by atoms with E-state index in [9.17, 15) is 18.0 Å². The van der Waals surface area contributed by atoms with Crippen LogP contribution in [0.25, 0.3) is 0 Å². The highest BCUT2D eigenvalue weighted by atomic mass is 35.5. The van der Waals surface area contributed by atoms with Crippen molar-refractivity contribution in [2.75, 3.05) is 0 Å². The number of rotatable bonds is 2. The molecule has 0 aromatic heterocycles. The Balaban J connectivity index is 3.24. The van der Waals surface area contributed by atoms with E-state index in [2.05, 4.69) is 4.74 Å². The third kappa shape index (κ3) is 3.02. The zero-order chi connectivity index (χ0) is 12.5. The first-order chi connectivity index (χ1) is 7.22. The zero-order valence-electron chi connectivity index (χ0n) is 7.86. The minimum absolute atomic E-state index is 0.0213. The summed E-state index contributed by atoms with van der Waals surface area (Å²) in [6, 6.07) is 2.07. The van der Waals surface area contributed by atoms with E-state index in [0.717, 1.165) is 19.1 Å².